The van der Waals surface area contributed by atoms with E-state index in [2.05, 4.69) is 56.3 Å². The highest BCUT2D eigenvalue weighted by atomic mass is 16.5. The van der Waals surface area contributed by atoms with Gasteiger partial charge in [-0.2, -0.15) is 0 Å². The van der Waals surface area contributed by atoms with Gasteiger partial charge in [0.05, 0.1) is 0 Å². The molecule has 3 rings (SSSR count). The van der Waals surface area contributed by atoms with E-state index in [0.717, 1.165) is 17.9 Å². The van der Waals surface area contributed by atoms with Crippen molar-refractivity contribution in [3.8, 4) is 5.75 Å². The monoisotopic (exact) mass is 308 g/mol. The zero-order valence-electron chi connectivity index (χ0n) is 14.5. The van der Waals surface area contributed by atoms with Gasteiger partial charge in [-0.25, -0.2) is 0 Å². The van der Waals surface area contributed by atoms with E-state index in [9.17, 15) is 0 Å². The first-order chi connectivity index (χ1) is 11.3. The van der Waals surface area contributed by atoms with Crippen molar-refractivity contribution in [2.24, 2.45) is 5.92 Å². The Bertz CT molecular complexity index is 625. The standard InChI is InChI=1S/C22H28O/c1-17-11-8-10-16-21(17)23-22-18(2)12-7-9-15-20(22)19-13-5-3-4-6-14-19/h7-8,10-12,15-16,19H,3-6,9,13-14H2,1-2H3. The van der Waals surface area contributed by atoms with Crippen LogP contribution in [-0.4, -0.2) is 0 Å². The lowest BCUT2D eigenvalue weighted by molar-refractivity contribution is 0.399. The van der Waals surface area contributed by atoms with E-state index in [4.69, 9.17) is 4.74 Å². The van der Waals surface area contributed by atoms with Gasteiger partial charge in [0.15, 0.2) is 0 Å². The summed E-state index contributed by atoms with van der Waals surface area (Å²) in [4.78, 5) is 0. The largest absolute Gasteiger partial charge is 0.457 e. The number of hydrogen-bond acceptors (Lipinski definition) is 1. The number of para-hydroxylation sites is 1. The molecule has 0 aliphatic heterocycles. The molecule has 0 unspecified atom stereocenters. The van der Waals surface area contributed by atoms with E-state index in [-0.39, 0.29) is 0 Å². The predicted octanol–water partition coefficient (Wildman–Crippen LogP) is 6.50. The second kappa shape index (κ2) is 7.68. The number of hydrogen-bond donors (Lipinski definition) is 0. The highest BCUT2D eigenvalue weighted by Gasteiger charge is 2.23. The molecule has 1 saturated carbocycles. The molecule has 0 atom stereocenters. The molecular weight excluding hydrogens is 280 g/mol. The lowest BCUT2D eigenvalue weighted by Gasteiger charge is -2.23. The van der Waals surface area contributed by atoms with Crippen LogP contribution in [0.4, 0.5) is 0 Å². The van der Waals surface area contributed by atoms with Crippen LogP contribution in [-0.2, 0) is 0 Å². The van der Waals surface area contributed by atoms with Crippen molar-refractivity contribution in [1.82, 2.24) is 0 Å². The number of rotatable bonds is 3. The summed E-state index contributed by atoms with van der Waals surface area (Å²) >= 11 is 0. The first kappa shape index (κ1) is 16.1. The van der Waals surface area contributed by atoms with Crippen LogP contribution in [0.25, 0.3) is 0 Å². The third kappa shape index (κ3) is 3.96. The smallest absolute Gasteiger partial charge is 0.133 e. The molecular formula is C22H28O. The topological polar surface area (TPSA) is 9.23 Å². The molecule has 2 aliphatic rings. The molecule has 0 spiro atoms. The Morgan fingerprint density at radius 3 is 2.43 bits per heavy atom. The predicted molar refractivity (Wildman–Crippen MR) is 97.5 cm³/mol. The van der Waals surface area contributed by atoms with Gasteiger partial charge in [-0.3, -0.25) is 0 Å². The summed E-state index contributed by atoms with van der Waals surface area (Å²) in [6, 6.07) is 8.32. The zero-order chi connectivity index (χ0) is 16.1. The second-order valence-electron chi connectivity index (χ2n) is 6.87. The quantitative estimate of drug-likeness (QED) is 0.579. The SMILES string of the molecule is CC1=C(Oc2ccccc2C)C(C2CCCCCC2)=CCC=C1. The van der Waals surface area contributed by atoms with Crippen molar-refractivity contribution in [1.29, 1.82) is 0 Å². The van der Waals surface area contributed by atoms with Crippen molar-refractivity contribution in [3.05, 3.63) is 65.0 Å². The van der Waals surface area contributed by atoms with Crippen LogP contribution in [0.3, 0.4) is 0 Å². The molecule has 122 valence electrons. The van der Waals surface area contributed by atoms with Crippen LogP contribution < -0.4 is 4.74 Å². The molecule has 0 amide bonds. The van der Waals surface area contributed by atoms with Crippen LogP contribution in [0.5, 0.6) is 5.75 Å². The summed E-state index contributed by atoms with van der Waals surface area (Å²) in [6.07, 6.45) is 16.0. The van der Waals surface area contributed by atoms with Gasteiger partial charge >= 0.3 is 0 Å². The average molecular weight is 308 g/mol. The maximum absolute atomic E-state index is 6.45. The van der Waals surface area contributed by atoms with Gasteiger partial charge in [0.2, 0.25) is 0 Å². The fourth-order valence-corrected chi connectivity index (χ4v) is 3.70. The Hall–Kier alpha value is -1.76. The fourth-order valence-electron chi connectivity index (χ4n) is 3.70. The van der Waals surface area contributed by atoms with E-state index in [1.165, 1.54) is 55.2 Å². The summed E-state index contributed by atoms with van der Waals surface area (Å²) in [5.41, 5.74) is 3.89. The van der Waals surface area contributed by atoms with Crippen molar-refractivity contribution < 1.29 is 4.74 Å². The minimum absolute atomic E-state index is 0.659. The van der Waals surface area contributed by atoms with Gasteiger partial charge in [-0.15, -0.1) is 0 Å². The minimum atomic E-state index is 0.659. The zero-order valence-corrected chi connectivity index (χ0v) is 14.5. The lowest BCUT2D eigenvalue weighted by Crippen LogP contribution is -2.11. The molecule has 0 heterocycles. The minimum Gasteiger partial charge on any atom is -0.457 e. The summed E-state index contributed by atoms with van der Waals surface area (Å²) in [7, 11) is 0. The van der Waals surface area contributed by atoms with E-state index >= 15 is 0 Å². The molecule has 0 bridgehead atoms. The number of benzene rings is 1. The van der Waals surface area contributed by atoms with Crippen LogP contribution in [0.1, 0.15) is 57.4 Å². The van der Waals surface area contributed by atoms with Gasteiger partial charge in [-0.1, -0.05) is 62.1 Å². The van der Waals surface area contributed by atoms with Crippen molar-refractivity contribution in [2.45, 2.75) is 58.8 Å². The fraction of sp³-hybridized carbons (Fsp3) is 0.455. The number of ether oxygens (including phenoxy) is 1. The highest BCUT2D eigenvalue weighted by Crippen LogP contribution is 2.36. The van der Waals surface area contributed by atoms with Crippen LogP contribution in [0, 0.1) is 12.8 Å². The lowest BCUT2D eigenvalue weighted by atomic mass is 9.88. The normalized spacial score (nSPS) is 20.0. The number of allylic oxidation sites excluding steroid dienone is 5. The van der Waals surface area contributed by atoms with Crippen molar-refractivity contribution in [3.63, 3.8) is 0 Å². The van der Waals surface area contributed by atoms with Crippen molar-refractivity contribution >= 4 is 0 Å². The Morgan fingerprint density at radius 2 is 1.70 bits per heavy atom. The molecule has 1 fully saturated rings. The van der Waals surface area contributed by atoms with Crippen molar-refractivity contribution in [2.75, 3.05) is 0 Å². The maximum atomic E-state index is 6.45. The van der Waals surface area contributed by atoms with E-state index in [1.807, 2.05) is 0 Å². The van der Waals surface area contributed by atoms with Crippen LogP contribution in [0.15, 0.2) is 59.4 Å². The Kier molecular flexibility index (Phi) is 5.38. The van der Waals surface area contributed by atoms with Gasteiger partial charge in [0.1, 0.15) is 11.5 Å². The molecule has 1 nitrogen and oxygen atoms in total. The molecule has 1 heteroatoms. The second-order valence-corrected chi connectivity index (χ2v) is 6.87. The molecule has 0 radical (unpaired) electrons. The van der Waals surface area contributed by atoms with Gasteiger partial charge in [0, 0.05) is 0 Å². The molecule has 23 heavy (non-hydrogen) atoms. The first-order valence-corrected chi connectivity index (χ1v) is 9.07. The average Bonchev–Trinajstić information content (AvgIpc) is 2.92. The van der Waals surface area contributed by atoms with E-state index < -0.39 is 0 Å². The van der Waals surface area contributed by atoms with E-state index in [0.29, 0.717) is 5.92 Å². The maximum Gasteiger partial charge on any atom is 0.133 e. The molecule has 0 saturated heterocycles. The van der Waals surface area contributed by atoms with E-state index in [1.54, 1.807) is 0 Å². The molecule has 2 aliphatic carbocycles. The Labute approximate surface area is 140 Å². The van der Waals surface area contributed by atoms with Crippen LogP contribution in [0.2, 0.25) is 0 Å². The highest BCUT2D eigenvalue weighted by molar-refractivity contribution is 5.43. The van der Waals surface area contributed by atoms with Gasteiger partial charge in [0.25, 0.3) is 0 Å². The molecule has 1 aromatic carbocycles. The first-order valence-electron chi connectivity index (χ1n) is 9.07. The Morgan fingerprint density at radius 1 is 0.957 bits per heavy atom. The number of aryl methyl sites for hydroxylation is 1. The third-order valence-electron chi connectivity index (χ3n) is 5.06. The Balaban J connectivity index is 1.91. The van der Waals surface area contributed by atoms with Gasteiger partial charge < -0.3 is 4.74 Å². The summed E-state index contributed by atoms with van der Waals surface area (Å²) < 4.78 is 6.45. The van der Waals surface area contributed by atoms with Gasteiger partial charge in [-0.05, 0) is 61.8 Å². The molecule has 1 aromatic rings. The summed E-state index contributed by atoms with van der Waals surface area (Å²) in [5.74, 6) is 2.74. The molecule has 0 N–H and O–H groups in total. The molecule has 0 aromatic heterocycles. The third-order valence-corrected chi connectivity index (χ3v) is 5.06. The summed E-state index contributed by atoms with van der Waals surface area (Å²) in [6.45, 7) is 4.30. The van der Waals surface area contributed by atoms with Crippen LogP contribution >= 0.6 is 0 Å². The summed E-state index contributed by atoms with van der Waals surface area (Å²) in [5, 5.41) is 0.